The van der Waals surface area contributed by atoms with Crippen LogP contribution in [-0.2, 0) is 20.7 Å². The molecule has 0 bridgehead atoms. The molecule has 5 nitrogen and oxygen atoms in total. The molecule has 1 heterocycles. The number of allylic oxidation sites excluding steroid dienone is 3. The molecular weight excluding hydrogens is 342 g/mol. The summed E-state index contributed by atoms with van der Waals surface area (Å²) in [7, 11) is 1.67. The molecule has 5 heteroatoms. The zero-order chi connectivity index (χ0) is 18.8. The molecule has 3 aliphatic rings. The first-order valence-electron chi connectivity index (χ1n) is 9.62. The second-order valence-corrected chi connectivity index (χ2v) is 7.60. The molecule has 142 valence electrons. The van der Waals surface area contributed by atoms with Crippen LogP contribution in [0, 0.1) is 17.8 Å². The van der Waals surface area contributed by atoms with Gasteiger partial charge in [-0.25, -0.2) is 9.69 Å². The van der Waals surface area contributed by atoms with Crippen LogP contribution >= 0.6 is 0 Å². The van der Waals surface area contributed by atoms with E-state index in [2.05, 4.69) is 12.2 Å². The van der Waals surface area contributed by atoms with E-state index in [-0.39, 0.29) is 24.5 Å². The molecule has 1 aromatic carbocycles. The van der Waals surface area contributed by atoms with Crippen molar-refractivity contribution in [2.45, 2.75) is 31.7 Å². The fraction of sp³-hybridized carbons (Fsp3) is 0.455. The van der Waals surface area contributed by atoms with Crippen LogP contribution in [0.15, 0.2) is 54.3 Å². The van der Waals surface area contributed by atoms with Gasteiger partial charge in [-0.2, -0.15) is 0 Å². The lowest BCUT2D eigenvalue weighted by Gasteiger charge is -2.26. The Balaban J connectivity index is 1.44. The number of benzene rings is 1. The molecule has 2 aliphatic carbocycles. The van der Waals surface area contributed by atoms with E-state index in [4.69, 9.17) is 9.47 Å². The first kappa shape index (κ1) is 17.8. The molecule has 4 rings (SSSR count). The summed E-state index contributed by atoms with van der Waals surface area (Å²) in [5, 5.41) is 0. The predicted molar refractivity (Wildman–Crippen MR) is 101 cm³/mol. The van der Waals surface area contributed by atoms with Crippen LogP contribution in [0.4, 0.5) is 4.79 Å². The van der Waals surface area contributed by atoms with Crippen molar-refractivity contribution in [3.63, 3.8) is 0 Å². The van der Waals surface area contributed by atoms with E-state index < -0.39 is 6.09 Å². The molecular formula is C22H25NO4. The van der Waals surface area contributed by atoms with E-state index in [0.717, 1.165) is 24.2 Å². The standard InChI is InChI=1S/C22H25NO4/c1-26-19-10-9-16-7-8-17(20(16)13-19)12-21(24)23-18(14-27-22(23)25)11-15-5-3-2-4-6-15/h2-6,9-10,13,16-18,20H,7-8,11-12,14H2,1H3/t16?,17-,18+,20?/m0/s1. The first-order valence-corrected chi connectivity index (χ1v) is 9.62. The molecule has 0 radical (unpaired) electrons. The van der Waals surface area contributed by atoms with E-state index >= 15 is 0 Å². The van der Waals surface area contributed by atoms with Crippen LogP contribution in [0.5, 0.6) is 0 Å². The number of hydrogen-bond donors (Lipinski definition) is 0. The van der Waals surface area contributed by atoms with Gasteiger partial charge >= 0.3 is 6.09 Å². The Morgan fingerprint density at radius 1 is 1.26 bits per heavy atom. The number of amides is 2. The molecule has 1 saturated carbocycles. The van der Waals surface area contributed by atoms with E-state index in [1.807, 2.05) is 36.4 Å². The molecule has 0 N–H and O–H groups in total. The fourth-order valence-corrected chi connectivity index (χ4v) is 4.59. The van der Waals surface area contributed by atoms with E-state index in [1.165, 1.54) is 4.90 Å². The number of rotatable bonds is 5. The second-order valence-electron chi connectivity index (χ2n) is 7.60. The fourth-order valence-electron chi connectivity index (χ4n) is 4.59. The monoisotopic (exact) mass is 367 g/mol. The normalized spacial score (nSPS) is 29.3. The number of nitrogens with zero attached hydrogens (tertiary/aromatic N) is 1. The van der Waals surface area contributed by atoms with Crippen molar-refractivity contribution >= 4 is 12.0 Å². The molecule has 0 aromatic heterocycles. The molecule has 0 spiro atoms. The molecule has 2 unspecified atom stereocenters. The summed E-state index contributed by atoms with van der Waals surface area (Å²) in [4.78, 5) is 26.6. The maximum atomic E-state index is 13.0. The van der Waals surface area contributed by atoms with Gasteiger partial charge in [0.1, 0.15) is 12.4 Å². The molecule has 4 atom stereocenters. The Hall–Kier alpha value is -2.56. The largest absolute Gasteiger partial charge is 0.497 e. The molecule has 2 amide bonds. The van der Waals surface area contributed by atoms with E-state index in [1.54, 1.807) is 7.11 Å². The van der Waals surface area contributed by atoms with Gasteiger partial charge in [0.2, 0.25) is 5.91 Å². The lowest BCUT2D eigenvalue weighted by molar-refractivity contribution is -0.130. The number of imide groups is 1. The summed E-state index contributed by atoms with van der Waals surface area (Å²) in [5.74, 6) is 1.75. The van der Waals surface area contributed by atoms with Crippen LogP contribution in [0.25, 0.3) is 0 Å². The number of ether oxygens (including phenoxy) is 2. The van der Waals surface area contributed by atoms with Crippen LogP contribution in [0.3, 0.4) is 0 Å². The van der Waals surface area contributed by atoms with Gasteiger partial charge in [-0.05, 0) is 54.7 Å². The number of hydrogen-bond acceptors (Lipinski definition) is 4. The van der Waals surface area contributed by atoms with Gasteiger partial charge in [-0.1, -0.05) is 36.4 Å². The van der Waals surface area contributed by atoms with Gasteiger partial charge in [0.05, 0.1) is 13.2 Å². The lowest BCUT2D eigenvalue weighted by Crippen LogP contribution is -2.41. The summed E-state index contributed by atoms with van der Waals surface area (Å²) in [6.07, 6.45) is 8.91. The zero-order valence-electron chi connectivity index (χ0n) is 15.5. The lowest BCUT2D eigenvalue weighted by atomic mass is 9.84. The minimum Gasteiger partial charge on any atom is -0.497 e. The molecule has 2 fully saturated rings. The van der Waals surface area contributed by atoms with Crippen molar-refractivity contribution in [1.82, 2.24) is 4.90 Å². The summed E-state index contributed by atoms with van der Waals surface area (Å²) >= 11 is 0. The third-order valence-corrected chi connectivity index (χ3v) is 5.99. The number of carbonyl (C=O) groups is 2. The maximum absolute atomic E-state index is 13.0. The van der Waals surface area contributed by atoms with E-state index in [9.17, 15) is 9.59 Å². The smallest absolute Gasteiger partial charge is 0.416 e. The van der Waals surface area contributed by atoms with Crippen molar-refractivity contribution in [1.29, 1.82) is 0 Å². The number of methoxy groups -OCH3 is 1. The maximum Gasteiger partial charge on any atom is 0.416 e. The summed E-state index contributed by atoms with van der Waals surface area (Å²) in [6, 6.07) is 9.69. The summed E-state index contributed by atoms with van der Waals surface area (Å²) in [5.41, 5.74) is 1.10. The van der Waals surface area contributed by atoms with Crippen LogP contribution in [0.2, 0.25) is 0 Å². The highest BCUT2D eigenvalue weighted by atomic mass is 16.6. The average Bonchev–Trinajstić information content (AvgIpc) is 3.25. The third kappa shape index (κ3) is 3.64. The Labute approximate surface area is 159 Å². The van der Waals surface area contributed by atoms with Crippen molar-refractivity contribution < 1.29 is 19.1 Å². The van der Waals surface area contributed by atoms with Crippen molar-refractivity contribution in [3.8, 4) is 0 Å². The topological polar surface area (TPSA) is 55.8 Å². The first-order chi connectivity index (χ1) is 13.2. The highest BCUT2D eigenvalue weighted by Gasteiger charge is 2.42. The van der Waals surface area contributed by atoms with Gasteiger partial charge in [0.15, 0.2) is 0 Å². The van der Waals surface area contributed by atoms with E-state index in [0.29, 0.717) is 24.7 Å². The van der Waals surface area contributed by atoms with Gasteiger partial charge < -0.3 is 9.47 Å². The SMILES string of the molecule is COC1=CC2C(C=C1)CC[C@H]2CC(=O)N1C(=O)OC[C@H]1Cc1ccccc1. The van der Waals surface area contributed by atoms with Gasteiger partial charge in [-0.3, -0.25) is 4.79 Å². The Kier molecular flexibility index (Phi) is 5.01. The minimum absolute atomic E-state index is 0.119. The zero-order valence-corrected chi connectivity index (χ0v) is 15.5. The predicted octanol–water partition coefficient (Wildman–Crippen LogP) is 3.71. The summed E-state index contributed by atoms with van der Waals surface area (Å²) in [6.45, 7) is 0.270. The Morgan fingerprint density at radius 2 is 2.07 bits per heavy atom. The van der Waals surface area contributed by atoms with Crippen LogP contribution in [0.1, 0.15) is 24.8 Å². The third-order valence-electron chi connectivity index (χ3n) is 5.99. The van der Waals surface area contributed by atoms with Crippen LogP contribution < -0.4 is 0 Å². The van der Waals surface area contributed by atoms with Gasteiger partial charge in [0, 0.05) is 6.42 Å². The number of carbonyl (C=O) groups excluding carboxylic acids is 2. The molecule has 27 heavy (non-hydrogen) atoms. The van der Waals surface area contributed by atoms with Crippen molar-refractivity contribution in [2.75, 3.05) is 13.7 Å². The number of fused-ring (bicyclic) bond motifs is 1. The quantitative estimate of drug-likeness (QED) is 0.796. The van der Waals surface area contributed by atoms with Crippen molar-refractivity contribution in [3.05, 3.63) is 59.9 Å². The minimum atomic E-state index is -0.507. The molecule has 1 aromatic rings. The number of cyclic esters (lactones) is 1. The highest BCUT2D eigenvalue weighted by molar-refractivity contribution is 5.93. The Bertz CT molecular complexity index is 770. The van der Waals surface area contributed by atoms with Crippen molar-refractivity contribution in [2.24, 2.45) is 17.8 Å². The average molecular weight is 367 g/mol. The van der Waals surface area contributed by atoms with Gasteiger partial charge in [-0.15, -0.1) is 0 Å². The highest BCUT2D eigenvalue weighted by Crippen LogP contribution is 2.43. The summed E-state index contributed by atoms with van der Waals surface area (Å²) < 4.78 is 10.6. The van der Waals surface area contributed by atoms with Crippen LogP contribution in [-0.4, -0.2) is 36.7 Å². The molecule has 1 aliphatic heterocycles. The Morgan fingerprint density at radius 3 is 2.85 bits per heavy atom. The molecule has 1 saturated heterocycles. The van der Waals surface area contributed by atoms with Gasteiger partial charge in [0.25, 0.3) is 0 Å². The second kappa shape index (κ2) is 7.59.